The van der Waals surface area contributed by atoms with Crippen LogP contribution >= 0.6 is 11.6 Å². The third-order valence-electron chi connectivity index (χ3n) is 4.13. The molecular formula is C19H20ClN3O2. The van der Waals surface area contributed by atoms with Crippen LogP contribution in [0.25, 0.3) is 0 Å². The van der Waals surface area contributed by atoms with Crippen LogP contribution in [-0.4, -0.2) is 43.0 Å². The lowest BCUT2D eigenvalue weighted by Gasteiger charge is -2.18. The second-order valence-corrected chi connectivity index (χ2v) is 6.36. The second-order valence-electron chi connectivity index (χ2n) is 5.92. The molecular weight excluding hydrogens is 338 g/mol. The minimum Gasteiger partial charge on any atom is -0.354 e. The number of rotatable bonds is 6. The van der Waals surface area contributed by atoms with Gasteiger partial charge in [-0.05, 0) is 30.2 Å². The van der Waals surface area contributed by atoms with Crippen molar-refractivity contribution in [3.05, 3.63) is 65.2 Å². The Bertz CT molecular complexity index is 751. The quantitative estimate of drug-likeness (QED) is 0.864. The standard InChI is InChI=1S/C19H20ClN3O2/c20-16-7-4-8-17(13-16)23-12-11-22(19(23)25)14-18(24)21-10-9-15-5-2-1-3-6-15/h1-8,13H,9-12,14H2,(H,21,24). The van der Waals surface area contributed by atoms with Crippen LogP contribution in [0, 0.1) is 0 Å². The molecule has 1 saturated heterocycles. The Labute approximate surface area is 152 Å². The van der Waals surface area contributed by atoms with Crippen LogP contribution in [-0.2, 0) is 11.2 Å². The second kappa shape index (κ2) is 8.03. The van der Waals surface area contributed by atoms with E-state index >= 15 is 0 Å². The van der Waals surface area contributed by atoms with Gasteiger partial charge in [0.1, 0.15) is 6.54 Å². The van der Waals surface area contributed by atoms with Gasteiger partial charge in [0, 0.05) is 30.3 Å². The average molecular weight is 358 g/mol. The summed E-state index contributed by atoms with van der Waals surface area (Å²) < 4.78 is 0. The number of benzene rings is 2. The van der Waals surface area contributed by atoms with Gasteiger partial charge in [0.2, 0.25) is 5.91 Å². The predicted molar refractivity (Wildman–Crippen MR) is 98.9 cm³/mol. The van der Waals surface area contributed by atoms with Crippen LogP contribution in [0.15, 0.2) is 54.6 Å². The maximum atomic E-state index is 12.5. The first-order valence-electron chi connectivity index (χ1n) is 8.26. The molecule has 1 aliphatic heterocycles. The lowest BCUT2D eigenvalue weighted by atomic mass is 10.1. The van der Waals surface area contributed by atoms with E-state index in [0.717, 1.165) is 12.1 Å². The van der Waals surface area contributed by atoms with E-state index in [-0.39, 0.29) is 18.5 Å². The first kappa shape index (κ1) is 17.3. The van der Waals surface area contributed by atoms with Crippen LogP contribution < -0.4 is 10.2 Å². The number of hydrogen-bond donors (Lipinski definition) is 1. The number of urea groups is 1. The van der Waals surface area contributed by atoms with Gasteiger partial charge >= 0.3 is 6.03 Å². The highest BCUT2D eigenvalue weighted by atomic mass is 35.5. The van der Waals surface area contributed by atoms with E-state index in [9.17, 15) is 9.59 Å². The molecule has 5 nitrogen and oxygen atoms in total. The summed E-state index contributed by atoms with van der Waals surface area (Å²) in [6.07, 6.45) is 0.773. The van der Waals surface area contributed by atoms with Crippen LogP contribution in [0.4, 0.5) is 10.5 Å². The molecule has 0 saturated carbocycles. The maximum Gasteiger partial charge on any atom is 0.325 e. The van der Waals surface area contributed by atoms with E-state index in [0.29, 0.717) is 24.7 Å². The fourth-order valence-corrected chi connectivity index (χ4v) is 3.02. The number of amides is 3. The van der Waals surface area contributed by atoms with E-state index in [1.54, 1.807) is 21.9 Å². The zero-order valence-corrected chi connectivity index (χ0v) is 14.6. The molecule has 0 bridgehead atoms. The number of nitrogens with zero attached hydrogens (tertiary/aromatic N) is 2. The molecule has 2 aromatic carbocycles. The zero-order valence-electron chi connectivity index (χ0n) is 13.8. The smallest absolute Gasteiger partial charge is 0.325 e. The first-order valence-corrected chi connectivity index (χ1v) is 8.64. The van der Waals surface area contributed by atoms with E-state index in [1.165, 1.54) is 5.56 Å². The predicted octanol–water partition coefficient (Wildman–Crippen LogP) is 2.94. The Kier molecular flexibility index (Phi) is 5.56. The molecule has 130 valence electrons. The third-order valence-corrected chi connectivity index (χ3v) is 4.36. The van der Waals surface area contributed by atoms with Crippen molar-refractivity contribution in [3.63, 3.8) is 0 Å². The molecule has 25 heavy (non-hydrogen) atoms. The van der Waals surface area contributed by atoms with Gasteiger partial charge in [-0.25, -0.2) is 4.79 Å². The minimum absolute atomic E-state index is 0.0741. The van der Waals surface area contributed by atoms with E-state index in [4.69, 9.17) is 11.6 Å². The average Bonchev–Trinajstić information content (AvgIpc) is 2.96. The SMILES string of the molecule is O=C(CN1CCN(c2cccc(Cl)c2)C1=O)NCCc1ccccc1. The van der Waals surface area contributed by atoms with Crippen molar-refractivity contribution in [2.24, 2.45) is 0 Å². The lowest BCUT2D eigenvalue weighted by Crippen LogP contribution is -2.40. The summed E-state index contributed by atoms with van der Waals surface area (Å²) in [6, 6.07) is 17.0. The molecule has 0 aliphatic carbocycles. The number of hydrogen-bond acceptors (Lipinski definition) is 2. The molecule has 1 aliphatic rings. The van der Waals surface area contributed by atoms with Gasteiger partial charge in [-0.2, -0.15) is 0 Å². The topological polar surface area (TPSA) is 52.7 Å². The van der Waals surface area contributed by atoms with Crippen molar-refractivity contribution in [2.45, 2.75) is 6.42 Å². The molecule has 1 heterocycles. The number of carbonyl (C=O) groups is 2. The Balaban J connectivity index is 1.48. The highest BCUT2D eigenvalue weighted by Gasteiger charge is 2.30. The summed E-state index contributed by atoms with van der Waals surface area (Å²) in [4.78, 5) is 27.8. The van der Waals surface area contributed by atoms with Gasteiger partial charge in [0.25, 0.3) is 0 Å². The van der Waals surface area contributed by atoms with Crippen molar-refractivity contribution in [2.75, 3.05) is 31.1 Å². The Morgan fingerprint density at radius 2 is 1.88 bits per heavy atom. The molecule has 3 rings (SSSR count). The highest BCUT2D eigenvalue weighted by molar-refractivity contribution is 6.30. The first-order chi connectivity index (χ1) is 12.1. The Morgan fingerprint density at radius 1 is 1.08 bits per heavy atom. The largest absolute Gasteiger partial charge is 0.354 e. The monoisotopic (exact) mass is 357 g/mol. The molecule has 1 N–H and O–H groups in total. The van der Waals surface area contributed by atoms with E-state index in [1.807, 2.05) is 42.5 Å². The minimum atomic E-state index is -0.166. The van der Waals surface area contributed by atoms with Gasteiger partial charge < -0.3 is 10.2 Å². The molecule has 6 heteroatoms. The summed E-state index contributed by atoms with van der Waals surface area (Å²) >= 11 is 5.98. The van der Waals surface area contributed by atoms with Crippen molar-refractivity contribution in [1.29, 1.82) is 0 Å². The van der Waals surface area contributed by atoms with Crippen LogP contribution in [0.2, 0.25) is 5.02 Å². The number of halogens is 1. The fourth-order valence-electron chi connectivity index (χ4n) is 2.83. The molecule has 0 aromatic heterocycles. The lowest BCUT2D eigenvalue weighted by molar-refractivity contribution is -0.121. The number of nitrogens with one attached hydrogen (secondary N) is 1. The van der Waals surface area contributed by atoms with Crippen molar-refractivity contribution in [1.82, 2.24) is 10.2 Å². The molecule has 1 fully saturated rings. The normalized spacial score (nSPS) is 14.0. The molecule has 0 unspecified atom stereocenters. The zero-order chi connectivity index (χ0) is 17.6. The molecule has 0 atom stereocenters. The molecule has 3 amide bonds. The summed E-state index contributed by atoms with van der Waals surface area (Å²) in [7, 11) is 0. The fraction of sp³-hybridized carbons (Fsp3) is 0.263. The summed E-state index contributed by atoms with van der Waals surface area (Å²) in [5.41, 5.74) is 1.93. The Hall–Kier alpha value is -2.53. The Morgan fingerprint density at radius 3 is 2.64 bits per heavy atom. The summed E-state index contributed by atoms with van der Waals surface area (Å²) in [6.45, 7) is 1.71. The highest BCUT2D eigenvalue weighted by Crippen LogP contribution is 2.23. The van der Waals surface area contributed by atoms with Crippen molar-refractivity contribution < 1.29 is 9.59 Å². The van der Waals surface area contributed by atoms with Crippen LogP contribution in [0.1, 0.15) is 5.56 Å². The molecule has 0 radical (unpaired) electrons. The number of anilines is 1. The summed E-state index contributed by atoms with van der Waals surface area (Å²) in [5.74, 6) is -0.141. The third kappa shape index (κ3) is 4.51. The van der Waals surface area contributed by atoms with Gasteiger partial charge in [0.15, 0.2) is 0 Å². The van der Waals surface area contributed by atoms with Crippen LogP contribution in [0.5, 0.6) is 0 Å². The van der Waals surface area contributed by atoms with E-state index < -0.39 is 0 Å². The number of carbonyl (C=O) groups excluding carboxylic acids is 2. The molecule has 2 aromatic rings. The van der Waals surface area contributed by atoms with Gasteiger partial charge in [-0.1, -0.05) is 48.0 Å². The molecule has 0 spiro atoms. The summed E-state index contributed by atoms with van der Waals surface area (Å²) in [5, 5.41) is 3.46. The maximum absolute atomic E-state index is 12.5. The van der Waals surface area contributed by atoms with Gasteiger partial charge in [-0.15, -0.1) is 0 Å². The van der Waals surface area contributed by atoms with Crippen molar-refractivity contribution >= 4 is 29.2 Å². The van der Waals surface area contributed by atoms with Gasteiger partial charge in [0.05, 0.1) is 0 Å². The van der Waals surface area contributed by atoms with Crippen molar-refractivity contribution in [3.8, 4) is 0 Å². The van der Waals surface area contributed by atoms with Gasteiger partial charge in [-0.3, -0.25) is 9.69 Å². The van der Waals surface area contributed by atoms with Crippen LogP contribution in [0.3, 0.4) is 0 Å². The van der Waals surface area contributed by atoms with E-state index in [2.05, 4.69) is 5.32 Å².